The van der Waals surface area contributed by atoms with Crippen molar-refractivity contribution in [2.24, 2.45) is 0 Å². The van der Waals surface area contributed by atoms with Crippen molar-refractivity contribution in [3.8, 4) is 17.2 Å². The van der Waals surface area contributed by atoms with Crippen molar-refractivity contribution in [3.63, 3.8) is 0 Å². The van der Waals surface area contributed by atoms with Gasteiger partial charge in [-0.05, 0) is 48.2 Å². The van der Waals surface area contributed by atoms with Gasteiger partial charge in [0.2, 0.25) is 0 Å². The van der Waals surface area contributed by atoms with Crippen molar-refractivity contribution in [2.45, 2.75) is 26.7 Å². The van der Waals surface area contributed by atoms with Crippen molar-refractivity contribution in [2.75, 3.05) is 33.5 Å². The summed E-state index contributed by atoms with van der Waals surface area (Å²) >= 11 is 0. The molecular formula is C21H28O4. The molecule has 25 heavy (non-hydrogen) atoms. The molecule has 4 heteroatoms. The Balaban J connectivity index is 1.63. The van der Waals surface area contributed by atoms with E-state index in [1.165, 1.54) is 5.56 Å². The van der Waals surface area contributed by atoms with Crippen LogP contribution < -0.4 is 14.2 Å². The van der Waals surface area contributed by atoms with Gasteiger partial charge in [-0.3, -0.25) is 0 Å². The first-order chi connectivity index (χ1) is 12.1. The molecule has 2 aromatic carbocycles. The van der Waals surface area contributed by atoms with Crippen molar-refractivity contribution in [3.05, 3.63) is 53.6 Å². The fraction of sp³-hybridized carbons (Fsp3) is 0.429. The van der Waals surface area contributed by atoms with Crippen molar-refractivity contribution in [1.29, 1.82) is 0 Å². The van der Waals surface area contributed by atoms with Crippen LogP contribution in [0.25, 0.3) is 0 Å². The molecule has 0 atom stereocenters. The Morgan fingerprint density at radius 2 is 1.60 bits per heavy atom. The summed E-state index contributed by atoms with van der Waals surface area (Å²) in [7, 11) is 1.64. The van der Waals surface area contributed by atoms with Gasteiger partial charge in [0.25, 0.3) is 0 Å². The summed E-state index contributed by atoms with van der Waals surface area (Å²) in [5.74, 6) is 2.86. The number of ether oxygens (including phenoxy) is 4. The van der Waals surface area contributed by atoms with Gasteiger partial charge in [-0.2, -0.15) is 0 Å². The van der Waals surface area contributed by atoms with Crippen LogP contribution in [0.1, 0.15) is 30.9 Å². The second-order valence-electron chi connectivity index (χ2n) is 6.19. The summed E-state index contributed by atoms with van der Waals surface area (Å²) < 4.78 is 22.3. The topological polar surface area (TPSA) is 36.9 Å². The van der Waals surface area contributed by atoms with Gasteiger partial charge in [0, 0.05) is 0 Å². The van der Waals surface area contributed by atoms with Crippen LogP contribution in [0.15, 0.2) is 42.5 Å². The summed E-state index contributed by atoms with van der Waals surface area (Å²) in [6.07, 6.45) is 0. The fourth-order valence-corrected chi connectivity index (χ4v) is 2.39. The van der Waals surface area contributed by atoms with Crippen LogP contribution in [0, 0.1) is 6.92 Å². The molecule has 0 fully saturated rings. The largest absolute Gasteiger partial charge is 0.493 e. The van der Waals surface area contributed by atoms with Gasteiger partial charge >= 0.3 is 0 Å². The number of hydrogen-bond acceptors (Lipinski definition) is 4. The minimum atomic E-state index is 0.474. The zero-order valence-electron chi connectivity index (χ0n) is 15.6. The normalized spacial score (nSPS) is 10.8. The zero-order valence-corrected chi connectivity index (χ0v) is 15.6. The van der Waals surface area contributed by atoms with Crippen LogP contribution in [0.2, 0.25) is 0 Å². The summed E-state index contributed by atoms with van der Waals surface area (Å²) in [4.78, 5) is 0. The molecule has 4 nitrogen and oxygen atoms in total. The van der Waals surface area contributed by atoms with Crippen LogP contribution in [-0.2, 0) is 4.74 Å². The Morgan fingerprint density at radius 1 is 0.840 bits per heavy atom. The molecule has 0 saturated heterocycles. The minimum absolute atomic E-state index is 0.474. The first-order valence-electron chi connectivity index (χ1n) is 8.68. The molecule has 2 rings (SSSR count). The predicted octanol–water partition coefficient (Wildman–Crippen LogP) is 4.60. The lowest BCUT2D eigenvalue weighted by atomic mass is 10.0. The Hall–Kier alpha value is -2.20. The first kappa shape index (κ1) is 19.1. The van der Waals surface area contributed by atoms with E-state index < -0.39 is 0 Å². The lowest BCUT2D eigenvalue weighted by Gasteiger charge is -2.12. The van der Waals surface area contributed by atoms with Crippen LogP contribution in [-0.4, -0.2) is 33.5 Å². The number of methoxy groups -OCH3 is 1. The smallest absolute Gasteiger partial charge is 0.161 e. The number of benzene rings is 2. The third kappa shape index (κ3) is 6.31. The minimum Gasteiger partial charge on any atom is -0.493 e. The molecule has 0 bridgehead atoms. The molecule has 0 saturated carbocycles. The second kappa shape index (κ2) is 9.94. The molecule has 0 aromatic heterocycles. The van der Waals surface area contributed by atoms with E-state index in [2.05, 4.69) is 26.0 Å². The quantitative estimate of drug-likeness (QED) is 0.590. The van der Waals surface area contributed by atoms with E-state index in [0.717, 1.165) is 22.8 Å². The molecule has 0 aliphatic rings. The highest BCUT2D eigenvalue weighted by Crippen LogP contribution is 2.27. The molecule has 0 N–H and O–H groups in total. The molecule has 0 amide bonds. The lowest BCUT2D eigenvalue weighted by Crippen LogP contribution is -2.12. The first-order valence-corrected chi connectivity index (χ1v) is 8.68. The molecule has 0 aliphatic heterocycles. The molecular weight excluding hydrogens is 316 g/mol. The highest BCUT2D eigenvalue weighted by atomic mass is 16.6. The van der Waals surface area contributed by atoms with Crippen LogP contribution in [0.5, 0.6) is 17.2 Å². The standard InChI is InChI=1S/C21H28O4/c1-16(2)18-6-5-7-19(15-18)24-12-10-23-11-13-25-20-9-8-17(3)14-21(20)22-4/h5-9,14-16H,10-13H2,1-4H3. The van der Waals surface area contributed by atoms with Gasteiger partial charge in [-0.1, -0.05) is 32.0 Å². The molecule has 0 spiro atoms. The van der Waals surface area contributed by atoms with E-state index in [-0.39, 0.29) is 0 Å². The van der Waals surface area contributed by atoms with E-state index in [1.807, 2.05) is 37.3 Å². The van der Waals surface area contributed by atoms with Crippen molar-refractivity contribution < 1.29 is 18.9 Å². The molecule has 2 aromatic rings. The lowest BCUT2D eigenvalue weighted by molar-refractivity contribution is 0.0757. The summed E-state index contributed by atoms with van der Waals surface area (Å²) in [5, 5.41) is 0. The average molecular weight is 344 g/mol. The highest BCUT2D eigenvalue weighted by molar-refractivity contribution is 5.42. The fourth-order valence-electron chi connectivity index (χ4n) is 2.39. The van der Waals surface area contributed by atoms with E-state index in [1.54, 1.807) is 7.11 Å². The van der Waals surface area contributed by atoms with Crippen LogP contribution in [0.3, 0.4) is 0 Å². The maximum atomic E-state index is 5.73. The third-order valence-electron chi connectivity index (χ3n) is 3.83. The maximum Gasteiger partial charge on any atom is 0.161 e. The number of hydrogen-bond donors (Lipinski definition) is 0. The van der Waals surface area contributed by atoms with Gasteiger partial charge in [-0.15, -0.1) is 0 Å². The maximum absolute atomic E-state index is 5.73. The van der Waals surface area contributed by atoms with Gasteiger partial charge < -0.3 is 18.9 Å². The molecule has 0 radical (unpaired) electrons. The Labute approximate surface area is 150 Å². The van der Waals surface area contributed by atoms with E-state index >= 15 is 0 Å². The van der Waals surface area contributed by atoms with Crippen LogP contribution in [0.4, 0.5) is 0 Å². The Morgan fingerprint density at radius 3 is 2.32 bits per heavy atom. The van der Waals surface area contributed by atoms with Crippen molar-refractivity contribution in [1.82, 2.24) is 0 Å². The van der Waals surface area contributed by atoms with Crippen molar-refractivity contribution >= 4 is 0 Å². The monoisotopic (exact) mass is 344 g/mol. The molecule has 0 aliphatic carbocycles. The third-order valence-corrected chi connectivity index (χ3v) is 3.83. The van der Waals surface area contributed by atoms with Crippen LogP contribution >= 0.6 is 0 Å². The van der Waals surface area contributed by atoms with Gasteiger partial charge in [0.05, 0.1) is 20.3 Å². The molecule has 0 heterocycles. The zero-order chi connectivity index (χ0) is 18.1. The van der Waals surface area contributed by atoms with Gasteiger partial charge in [0.15, 0.2) is 11.5 Å². The second-order valence-corrected chi connectivity index (χ2v) is 6.19. The SMILES string of the molecule is COc1cc(C)ccc1OCCOCCOc1cccc(C(C)C)c1. The number of aryl methyl sites for hydroxylation is 1. The highest BCUT2D eigenvalue weighted by Gasteiger charge is 2.04. The average Bonchev–Trinajstić information content (AvgIpc) is 2.62. The summed E-state index contributed by atoms with van der Waals surface area (Å²) in [6, 6.07) is 14.1. The van der Waals surface area contributed by atoms with E-state index in [0.29, 0.717) is 32.3 Å². The summed E-state index contributed by atoms with van der Waals surface area (Å²) in [6.45, 7) is 8.40. The van der Waals surface area contributed by atoms with Gasteiger partial charge in [0.1, 0.15) is 19.0 Å². The van der Waals surface area contributed by atoms with E-state index in [4.69, 9.17) is 18.9 Å². The molecule has 0 unspecified atom stereocenters. The number of rotatable bonds is 10. The summed E-state index contributed by atoms with van der Waals surface area (Å²) in [5.41, 5.74) is 2.41. The molecule has 136 valence electrons. The van der Waals surface area contributed by atoms with E-state index in [9.17, 15) is 0 Å². The predicted molar refractivity (Wildman–Crippen MR) is 100 cm³/mol. The van der Waals surface area contributed by atoms with Gasteiger partial charge in [-0.25, -0.2) is 0 Å². The Bertz CT molecular complexity index is 652. The Kier molecular flexibility index (Phi) is 7.61.